The van der Waals surface area contributed by atoms with Crippen molar-refractivity contribution in [3.05, 3.63) is 27.9 Å². The van der Waals surface area contributed by atoms with Crippen LogP contribution in [0.4, 0.5) is 11.5 Å². The van der Waals surface area contributed by atoms with Crippen molar-refractivity contribution in [2.24, 2.45) is 10.9 Å². The predicted molar refractivity (Wildman–Crippen MR) is 76.2 cm³/mol. The van der Waals surface area contributed by atoms with Crippen LogP contribution in [0.5, 0.6) is 0 Å². The van der Waals surface area contributed by atoms with Crippen molar-refractivity contribution >= 4 is 17.3 Å². The highest BCUT2D eigenvalue weighted by Gasteiger charge is 2.26. The van der Waals surface area contributed by atoms with Crippen LogP contribution < -0.4 is 10.6 Å². The molecule has 1 rings (SSSR count). The van der Waals surface area contributed by atoms with Crippen LogP contribution in [-0.2, 0) is 0 Å². The lowest BCUT2D eigenvalue weighted by Crippen LogP contribution is -2.41. The van der Waals surface area contributed by atoms with Crippen LogP contribution in [0, 0.1) is 10.1 Å². The van der Waals surface area contributed by atoms with E-state index >= 15 is 0 Å². The summed E-state index contributed by atoms with van der Waals surface area (Å²) in [6, 6.07) is 2.85. The van der Waals surface area contributed by atoms with Crippen LogP contribution >= 0.6 is 0 Å². The van der Waals surface area contributed by atoms with Gasteiger partial charge in [0.25, 0.3) is 5.69 Å². The third-order valence-corrected chi connectivity index (χ3v) is 3.52. The topological polar surface area (TPSA) is 118 Å². The van der Waals surface area contributed by atoms with Gasteiger partial charge in [-0.3, -0.25) is 10.1 Å². The highest BCUT2D eigenvalue weighted by molar-refractivity contribution is 5.99. The molecule has 0 spiro atoms. The summed E-state index contributed by atoms with van der Waals surface area (Å²) in [6.45, 7) is 6.09. The van der Waals surface area contributed by atoms with E-state index in [2.05, 4.69) is 10.1 Å². The Bertz CT molecular complexity index is 542. The summed E-state index contributed by atoms with van der Waals surface area (Å²) in [5.74, 6) is 0.130. The van der Waals surface area contributed by atoms with Crippen molar-refractivity contribution in [1.29, 1.82) is 0 Å². The zero-order chi connectivity index (χ0) is 15.5. The summed E-state index contributed by atoms with van der Waals surface area (Å²) < 4.78 is 0. The van der Waals surface area contributed by atoms with E-state index in [1.54, 1.807) is 6.07 Å². The molecule has 1 aromatic rings. The first-order valence-corrected chi connectivity index (χ1v) is 6.11. The third kappa shape index (κ3) is 2.95. The summed E-state index contributed by atoms with van der Waals surface area (Å²) in [5.41, 5.74) is 4.84. The van der Waals surface area contributed by atoms with Crippen LogP contribution in [0.1, 0.15) is 32.9 Å². The fourth-order valence-electron chi connectivity index (χ4n) is 1.56. The lowest BCUT2D eigenvalue weighted by Gasteiger charge is -2.35. The monoisotopic (exact) mass is 281 g/mol. The van der Waals surface area contributed by atoms with Crippen molar-refractivity contribution in [2.75, 3.05) is 11.9 Å². The van der Waals surface area contributed by atoms with Gasteiger partial charge >= 0.3 is 0 Å². The average molecular weight is 281 g/mol. The standard InChI is InChI=1S/C12H19N5O3/c1-5-12(2,3)16(4)9-7-6-8(17(19)20)10(14-9)11(13)15-18/h6-7,18H,5H2,1-4H3,(H2,13,15). The summed E-state index contributed by atoms with van der Waals surface area (Å²) in [5, 5.41) is 22.4. The number of anilines is 1. The van der Waals surface area contributed by atoms with Gasteiger partial charge in [-0.2, -0.15) is 0 Å². The quantitative estimate of drug-likeness (QED) is 0.279. The highest BCUT2D eigenvalue weighted by Crippen LogP contribution is 2.26. The van der Waals surface area contributed by atoms with Gasteiger partial charge in [-0.25, -0.2) is 4.98 Å². The number of nitrogens with zero attached hydrogens (tertiary/aromatic N) is 4. The van der Waals surface area contributed by atoms with Gasteiger partial charge in [-0.15, -0.1) is 0 Å². The van der Waals surface area contributed by atoms with E-state index in [9.17, 15) is 10.1 Å². The van der Waals surface area contributed by atoms with E-state index in [4.69, 9.17) is 10.9 Å². The molecule has 0 unspecified atom stereocenters. The first-order chi connectivity index (χ1) is 9.24. The van der Waals surface area contributed by atoms with Crippen molar-refractivity contribution in [3.63, 3.8) is 0 Å². The number of nitro groups is 1. The molecule has 0 saturated heterocycles. The van der Waals surface area contributed by atoms with Crippen LogP contribution in [0.3, 0.4) is 0 Å². The molecule has 1 heterocycles. The van der Waals surface area contributed by atoms with E-state index < -0.39 is 4.92 Å². The van der Waals surface area contributed by atoms with E-state index in [0.717, 1.165) is 6.42 Å². The van der Waals surface area contributed by atoms with Crippen LogP contribution in [0.2, 0.25) is 0 Å². The normalized spacial score (nSPS) is 12.3. The van der Waals surface area contributed by atoms with Gasteiger partial charge in [0, 0.05) is 18.7 Å². The van der Waals surface area contributed by atoms with Crippen LogP contribution in [0.25, 0.3) is 0 Å². The number of pyridine rings is 1. The number of amidine groups is 1. The molecule has 0 aromatic carbocycles. The SMILES string of the molecule is CCC(C)(C)N(C)c1ccc([N+](=O)[O-])c(/C(N)=N/O)n1. The Kier molecular flexibility index (Phi) is 4.49. The average Bonchev–Trinajstić information content (AvgIpc) is 2.44. The Balaban J connectivity index is 3.37. The van der Waals surface area contributed by atoms with E-state index in [1.807, 2.05) is 32.7 Å². The molecule has 0 aliphatic carbocycles. The first-order valence-electron chi connectivity index (χ1n) is 6.11. The molecular formula is C12H19N5O3. The maximum atomic E-state index is 10.9. The Morgan fingerprint density at radius 1 is 1.60 bits per heavy atom. The summed E-state index contributed by atoms with van der Waals surface area (Å²) >= 11 is 0. The van der Waals surface area contributed by atoms with E-state index in [-0.39, 0.29) is 22.8 Å². The van der Waals surface area contributed by atoms with Gasteiger partial charge in [0.2, 0.25) is 0 Å². The van der Waals surface area contributed by atoms with Gasteiger partial charge in [-0.1, -0.05) is 12.1 Å². The molecule has 3 N–H and O–H groups in total. The van der Waals surface area contributed by atoms with Gasteiger partial charge in [0.15, 0.2) is 11.5 Å². The lowest BCUT2D eigenvalue weighted by atomic mass is 10.00. The number of rotatable bonds is 5. The Morgan fingerprint density at radius 2 is 2.20 bits per heavy atom. The fourth-order valence-corrected chi connectivity index (χ4v) is 1.56. The van der Waals surface area contributed by atoms with Gasteiger partial charge in [-0.05, 0) is 26.3 Å². The zero-order valence-electron chi connectivity index (χ0n) is 12.0. The Morgan fingerprint density at radius 3 is 2.65 bits per heavy atom. The zero-order valence-corrected chi connectivity index (χ0v) is 12.0. The second-order valence-electron chi connectivity index (χ2n) is 5.00. The second-order valence-corrected chi connectivity index (χ2v) is 5.00. The second kappa shape index (κ2) is 5.72. The number of oxime groups is 1. The molecule has 0 bridgehead atoms. The van der Waals surface area contributed by atoms with Gasteiger partial charge < -0.3 is 15.8 Å². The number of hydrogen-bond donors (Lipinski definition) is 2. The molecule has 0 saturated carbocycles. The molecule has 0 aliphatic rings. The van der Waals surface area contributed by atoms with E-state index in [0.29, 0.717) is 5.82 Å². The van der Waals surface area contributed by atoms with Crippen molar-refractivity contribution in [2.45, 2.75) is 32.7 Å². The smallest absolute Gasteiger partial charge is 0.298 e. The largest absolute Gasteiger partial charge is 0.409 e. The molecule has 8 heteroatoms. The minimum Gasteiger partial charge on any atom is -0.409 e. The Hall–Kier alpha value is -2.38. The molecule has 0 aliphatic heterocycles. The molecule has 0 radical (unpaired) electrons. The number of aromatic nitrogens is 1. The first kappa shape index (κ1) is 15.7. The molecule has 110 valence electrons. The molecule has 20 heavy (non-hydrogen) atoms. The molecule has 8 nitrogen and oxygen atoms in total. The van der Waals surface area contributed by atoms with Gasteiger partial charge in [0.1, 0.15) is 5.82 Å². The summed E-state index contributed by atoms with van der Waals surface area (Å²) in [7, 11) is 1.84. The summed E-state index contributed by atoms with van der Waals surface area (Å²) in [4.78, 5) is 16.4. The Labute approximate surface area is 117 Å². The third-order valence-electron chi connectivity index (χ3n) is 3.52. The lowest BCUT2D eigenvalue weighted by molar-refractivity contribution is -0.385. The minimum absolute atomic E-state index is 0.145. The predicted octanol–water partition coefficient (Wildman–Crippen LogP) is 1.71. The van der Waals surface area contributed by atoms with Crippen molar-refractivity contribution < 1.29 is 10.1 Å². The minimum atomic E-state index is -0.616. The van der Waals surface area contributed by atoms with Crippen LogP contribution in [-0.4, -0.2) is 33.5 Å². The maximum Gasteiger partial charge on any atom is 0.298 e. The highest BCUT2D eigenvalue weighted by atomic mass is 16.6. The molecule has 0 amide bonds. The summed E-state index contributed by atoms with van der Waals surface area (Å²) in [6.07, 6.45) is 0.862. The molecule has 0 atom stereocenters. The van der Waals surface area contributed by atoms with Crippen molar-refractivity contribution in [3.8, 4) is 0 Å². The van der Waals surface area contributed by atoms with Gasteiger partial charge in [0.05, 0.1) is 4.92 Å². The molecular weight excluding hydrogens is 262 g/mol. The fraction of sp³-hybridized carbons (Fsp3) is 0.500. The van der Waals surface area contributed by atoms with E-state index in [1.165, 1.54) is 6.07 Å². The maximum absolute atomic E-state index is 10.9. The number of nitrogens with two attached hydrogens (primary N) is 1. The molecule has 0 fully saturated rings. The number of hydrogen-bond acceptors (Lipinski definition) is 6. The van der Waals surface area contributed by atoms with Crippen molar-refractivity contribution in [1.82, 2.24) is 4.98 Å². The van der Waals surface area contributed by atoms with Crippen LogP contribution in [0.15, 0.2) is 17.3 Å². The molecule has 1 aromatic heterocycles.